The quantitative estimate of drug-likeness (QED) is 0.715. The highest BCUT2D eigenvalue weighted by atomic mass is 19.4. The second kappa shape index (κ2) is 8.06. The Bertz CT molecular complexity index is 1010. The van der Waals surface area contributed by atoms with Gasteiger partial charge in [0.05, 0.1) is 18.1 Å². The SMILES string of the molecule is Cc1nc(NC2CC(Oc3cnc(C(F)(F)F)cn3)C2)nc2c1NC(=O)C(C(C)C)N2C. The fourth-order valence-electron chi connectivity index (χ4n) is 3.94. The molecule has 2 aromatic rings. The Balaban J connectivity index is 1.37. The minimum absolute atomic E-state index is 0.0456. The van der Waals surface area contributed by atoms with Crippen LogP contribution in [0.15, 0.2) is 12.4 Å². The lowest BCUT2D eigenvalue weighted by molar-refractivity contribution is -0.141. The number of nitrogens with one attached hydrogen (secondary N) is 2. The van der Waals surface area contributed by atoms with Gasteiger partial charge in [-0.05, 0) is 12.8 Å². The molecular formula is C20H24F3N7O2. The van der Waals surface area contributed by atoms with Gasteiger partial charge in [-0.2, -0.15) is 18.2 Å². The third kappa shape index (κ3) is 4.26. The van der Waals surface area contributed by atoms with E-state index >= 15 is 0 Å². The molecule has 0 spiro atoms. The molecule has 1 aliphatic carbocycles. The highest BCUT2D eigenvalue weighted by Crippen LogP contribution is 2.35. The number of carbonyl (C=O) groups excluding carboxylic acids is 1. The van der Waals surface area contributed by atoms with E-state index in [1.54, 1.807) is 0 Å². The molecule has 1 saturated carbocycles. The first-order chi connectivity index (χ1) is 15.0. The molecule has 1 fully saturated rings. The molecule has 1 atom stereocenters. The zero-order chi connectivity index (χ0) is 23.2. The predicted molar refractivity (Wildman–Crippen MR) is 111 cm³/mol. The molecule has 3 heterocycles. The fraction of sp³-hybridized carbons (Fsp3) is 0.550. The number of ether oxygens (including phenoxy) is 1. The van der Waals surface area contributed by atoms with Crippen molar-refractivity contribution >= 4 is 23.4 Å². The van der Waals surface area contributed by atoms with E-state index in [2.05, 4.69) is 30.6 Å². The molecule has 0 bridgehead atoms. The van der Waals surface area contributed by atoms with Gasteiger partial charge in [0.2, 0.25) is 17.7 Å². The van der Waals surface area contributed by atoms with Crippen molar-refractivity contribution in [2.45, 2.75) is 58.0 Å². The van der Waals surface area contributed by atoms with E-state index in [1.807, 2.05) is 32.7 Å². The van der Waals surface area contributed by atoms with Gasteiger partial charge in [0, 0.05) is 25.9 Å². The maximum Gasteiger partial charge on any atom is 0.434 e. The maximum absolute atomic E-state index is 12.6. The monoisotopic (exact) mass is 451 g/mol. The van der Waals surface area contributed by atoms with Gasteiger partial charge >= 0.3 is 6.18 Å². The number of nitrogens with zero attached hydrogens (tertiary/aromatic N) is 5. The molecule has 1 aliphatic heterocycles. The molecule has 2 aliphatic rings. The van der Waals surface area contributed by atoms with Crippen molar-refractivity contribution in [3.63, 3.8) is 0 Å². The second-order valence-electron chi connectivity index (χ2n) is 8.41. The van der Waals surface area contributed by atoms with Crippen LogP contribution in [-0.2, 0) is 11.0 Å². The number of carbonyl (C=O) groups is 1. The molecule has 4 rings (SSSR count). The largest absolute Gasteiger partial charge is 0.473 e. The Morgan fingerprint density at radius 2 is 1.94 bits per heavy atom. The molecule has 0 aromatic carbocycles. The number of hydrogen-bond acceptors (Lipinski definition) is 8. The summed E-state index contributed by atoms with van der Waals surface area (Å²) in [6.45, 7) is 5.77. The highest BCUT2D eigenvalue weighted by molar-refractivity contribution is 6.03. The van der Waals surface area contributed by atoms with Gasteiger partial charge in [-0.3, -0.25) is 4.79 Å². The number of anilines is 3. The topological polar surface area (TPSA) is 105 Å². The van der Waals surface area contributed by atoms with Crippen LogP contribution in [0.25, 0.3) is 0 Å². The minimum Gasteiger partial charge on any atom is -0.473 e. The van der Waals surface area contributed by atoms with Crippen molar-refractivity contribution in [1.29, 1.82) is 0 Å². The molecule has 1 unspecified atom stereocenters. The lowest BCUT2D eigenvalue weighted by Crippen LogP contribution is -2.50. The molecular weight excluding hydrogens is 427 g/mol. The molecule has 32 heavy (non-hydrogen) atoms. The number of fused-ring (bicyclic) bond motifs is 1. The normalized spacial score (nSPS) is 22.8. The lowest BCUT2D eigenvalue weighted by atomic mass is 9.89. The van der Waals surface area contributed by atoms with E-state index in [1.165, 1.54) is 0 Å². The van der Waals surface area contributed by atoms with Crippen molar-refractivity contribution in [2.24, 2.45) is 5.92 Å². The number of halogens is 3. The number of hydrogen-bond donors (Lipinski definition) is 2. The summed E-state index contributed by atoms with van der Waals surface area (Å²) in [7, 11) is 1.84. The van der Waals surface area contributed by atoms with E-state index in [0.717, 1.165) is 6.20 Å². The molecule has 1 amide bonds. The van der Waals surface area contributed by atoms with Crippen molar-refractivity contribution < 1.29 is 22.7 Å². The molecule has 2 N–H and O–H groups in total. The van der Waals surface area contributed by atoms with Gasteiger partial charge in [-0.25, -0.2) is 15.0 Å². The van der Waals surface area contributed by atoms with Crippen LogP contribution in [0, 0.1) is 12.8 Å². The molecule has 0 radical (unpaired) electrons. The molecule has 0 saturated heterocycles. The smallest absolute Gasteiger partial charge is 0.434 e. The highest BCUT2D eigenvalue weighted by Gasteiger charge is 2.37. The van der Waals surface area contributed by atoms with Gasteiger partial charge in [-0.1, -0.05) is 13.8 Å². The summed E-state index contributed by atoms with van der Waals surface area (Å²) >= 11 is 0. The van der Waals surface area contributed by atoms with E-state index < -0.39 is 11.9 Å². The average Bonchev–Trinajstić information content (AvgIpc) is 2.67. The van der Waals surface area contributed by atoms with E-state index in [-0.39, 0.29) is 35.9 Å². The van der Waals surface area contributed by atoms with Gasteiger partial charge in [0.1, 0.15) is 17.8 Å². The van der Waals surface area contributed by atoms with Crippen LogP contribution >= 0.6 is 0 Å². The standard InChI is InChI=1S/C20H24F3N7O2/c1-9(2)16-18(31)28-15-10(3)26-19(29-17(15)30(16)4)27-11-5-12(6-11)32-14-8-24-13(7-25-14)20(21,22)23/h7-9,11-12,16H,5-6H2,1-4H3,(H,28,31)(H,26,27,29). The number of aromatic nitrogens is 4. The summed E-state index contributed by atoms with van der Waals surface area (Å²) < 4.78 is 43.3. The van der Waals surface area contributed by atoms with Crippen molar-refractivity contribution in [3.05, 3.63) is 23.8 Å². The summed E-state index contributed by atoms with van der Waals surface area (Å²) in [5.74, 6) is 1.19. The zero-order valence-electron chi connectivity index (χ0n) is 18.1. The van der Waals surface area contributed by atoms with Crippen molar-refractivity contribution in [3.8, 4) is 5.88 Å². The second-order valence-corrected chi connectivity index (χ2v) is 8.41. The first-order valence-electron chi connectivity index (χ1n) is 10.3. The summed E-state index contributed by atoms with van der Waals surface area (Å²) in [5, 5.41) is 6.17. The number of rotatable bonds is 5. The molecule has 172 valence electrons. The Labute approximate surface area is 182 Å². The van der Waals surface area contributed by atoms with Gasteiger partial charge in [-0.15, -0.1) is 0 Å². The Morgan fingerprint density at radius 3 is 2.53 bits per heavy atom. The van der Waals surface area contributed by atoms with Crippen LogP contribution in [0.4, 0.5) is 30.6 Å². The van der Waals surface area contributed by atoms with Crippen LogP contribution < -0.4 is 20.3 Å². The van der Waals surface area contributed by atoms with Gasteiger partial charge in [0.15, 0.2) is 11.5 Å². The minimum atomic E-state index is -4.53. The Hall–Kier alpha value is -3.18. The lowest BCUT2D eigenvalue weighted by Gasteiger charge is -2.38. The Kier molecular flexibility index (Phi) is 5.55. The summed E-state index contributed by atoms with van der Waals surface area (Å²) in [6, 6.07) is -0.278. The van der Waals surface area contributed by atoms with Crippen molar-refractivity contribution in [1.82, 2.24) is 19.9 Å². The molecule has 9 nitrogen and oxygen atoms in total. The predicted octanol–water partition coefficient (Wildman–Crippen LogP) is 3.03. The average molecular weight is 451 g/mol. The summed E-state index contributed by atoms with van der Waals surface area (Å²) in [6.07, 6.45) is -1.85. The van der Waals surface area contributed by atoms with Crippen molar-refractivity contribution in [2.75, 3.05) is 22.6 Å². The summed E-state index contributed by atoms with van der Waals surface area (Å²) in [5.41, 5.74) is 0.210. The maximum atomic E-state index is 12.6. The van der Waals surface area contributed by atoms with Crippen LogP contribution in [0.3, 0.4) is 0 Å². The Morgan fingerprint density at radius 1 is 1.22 bits per heavy atom. The van der Waals surface area contributed by atoms with E-state index in [4.69, 9.17) is 4.74 Å². The van der Waals surface area contributed by atoms with Gasteiger partial charge in [0.25, 0.3) is 0 Å². The van der Waals surface area contributed by atoms with Crippen LogP contribution in [0.2, 0.25) is 0 Å². The molecule has 2 aromatic heterocycles. The van der Waals surface area contributed by atoms with Crippen LogP contribution in [-0.4, -0.2) is 51.1 Å². The van der Waals surface area contributed by atoms with Crippen LogP contribution in [0.5, 0.6) is 5.88 Å². The number of amides is 1. The molecule has 12 heteroatoms. The summed E-state index contributed by atoms with van der Waals surface area (Å²) in [4.78, 5) is 30.4. The first-order valence-corrected chi connectivity index (χ1v) is 10.3. The number of likely N-dealkylation sites (N-methyl/N-ethyl adjacent to an activating group) is 1. The fourth-order valence-corrected chi connectivity index (χ4v) is 3.94. The zero-order valence-corrected chi connectivity index (χ0v) is 18.1. The first kappa shape index (κ1) is 22.0. The number of alkyl halides is 3. The van der Waals surface area contributed by atoms with E-state index in [9.17, 15) is 18.0 Å². The third-order valence-corrected chi connectivity index (χ3v) is 5.60. The van der Waals surface area contributed by atoms with E-state index in [0.29, 0.717) is 42.2 Å². The third-order valence-electron chi connectivity index (χ3n) is 5.60. The van der Waals surface area contributed by atoms with Gasteiger partial charge < -0.3 is 20.3 Å². The number of aryl methyl sites for hydroxylation is 1. The van der Waals surface area contributed by atoms with Crippen LogP contribution in [0.1, 0.15) is 38.1 Å².